The highest BCUT2D eigenvalue weighted by Crippen LogP contribution is 2.31. The fourth-order valence-corrected chi connectivity index (χ4v) is 3.13. The van der Waals surface area contributed by atoms with Crippen LogP contribution >= 0.6 is 11.3 Å². The molecule has 21 heavy (non-hydrogen) atoms. The van der Waals surface area contributed by atoms with E-state index in [0.29, 0.717) is 0 Å². The van der Waals surface area contributed by atoms with Crippen LogP contribution in [0.3, 0.4) is 0 Å². The van der Waals surface area contributed by atoms with Gasteiger partial charge in [-0.25, -0.2) is 0 Å². The van der Waals surface area contributed by atoms with E-state index in [2.05, 4.69) is 25.3 Å². The van der Waals surface area contributed by atoms with Crippen molar-refractivity contribution < 1.29 is 9.47 Å². The zero-order valence-electron chi connectivity index (χ0n) is 12.8. The third-order valence-corrected chi connectivity index (χ3v) is 4.28. The molecule has 0 saturated heterocycles. The highest BCUT2D eigenvalue weighted by Gasteiger charge is 2.21. The van der Waals surface area contributed by atoms with E-state index < -0.39 is 0 Å². The third kappa shape index (κ3) is 4.22. The lowest BCUT2D eigenvalue weighted by molar-refractivity contribution is 0.183. The lowest BCUT2D eigenvalue weighted by Crippen LogP contribution is -2.28. The summed E-state index contributed by atoms with van der Waals surface area (Å²) in [6.07, 6.45) is 0.885. The molecule has 0 amide bonds. The molecular formula is C17H23NO2S. The van der Waals surface area contributed by atoms with E-state index in [1.54, 1.807) is 11.3 Å². The molecule has 1 heterocycles. The van der Waals surface area contributed by atoms with Gasteiger partial charge >= 0.3 is 0 Å². The van der Waals surface area contributed by atoms with E-state index >= 15 is 0 Å². The Bertz CT molecular complexity index is 548. The van der Waals surface area contributed by atoms with Gasteiger partial charge < -0.3 is 15.2 Å². The van der Waals surface area contributed by atoms with Crippen molar-refractivity contribution in [3.8, 4) is 11.5 Å². The maximum Gasteiger partial charge on any atom is 0.148 e. The van der Waals surface area contributed by atoms with Gasteiger partial charge in [0, 0.05) is 10.9 Å². The molecule has 0 radical (unpaired) electrons. The number of nitrogens with two attached hydrogens (primary N) is 1. The second kappa shape index (κ2) is 7.48. The van der Waals surface area contributed by atoms with Crippen LogP contribution in [0.25, 0.3) is 0 Å². The molecule has 114 valence electrons. The van der Waals surface area contributed by atoms with Gasteiger partial charge in [-0.15, -0.1) is 11.3 Å². The van der Waals surface area contributed by atoms with E-state index in [9.17, 15) is 0 Å². The van der Waals surface area contributed by atoms with Gasteiger partial charge in [-0.05, 0) is 61.5 Å². The molecule has 0 aliphatic heterocycles. The zero-order chi connectivity index (χ0) is 15.2. The Hall–Kier alpha value is -1.52. The average Bonchev–Trinajstić information content (AvgIpc) is 2.89. The fraction of sp³-hybridized carbons (Fsp3) is 0.412. The smallest absolute Gasteiger partial charge is 0.148 e. The zero-order valence-corrected chi connectivity index (χ0v) is 13.7. The maximum atomic E-state index is 6.10. The maximum absolute atomic E-state index is 6.10. The van der Waals surface area contributed by atoms with Gasteiger partial charge in [-0.1, -0.05) is 6.92 Å². The Morgan fingerprint density at radius 3 is 2.33 bits per heavy atom. The van der Waals surface area contributed by atoms with Crippen molar-refractivity contribution in [3.63, 3.8) is 0 Å². The van der Waals surface area contributed by atoms with Crippen LogP contribution in [-0.4, -0.2) is 12.6 Å². The first-order valence-electron chi connectivity index (χ1n) is 7.31. The second-order valence-corrected chi connectivity index (χ2v) is 6.13. The van der Waals surface area contributed by atoms with Gasteiger partial charge in [0.25, 0.3) is 0 Å². The van der Waals surface area contributed by atoms with Gasteiger partial charge in [0.1, 0.15) is 17.6 Å². The van der Waals surface area contributed by atoms with Crippen LogP contribution in [0.1, 0.15) is 36.8 Å². The number of benzene rings is 1. The number of ether oxygens (including phenoxy) is 2. The lowest BCUT2D eigenvalue weighted by Gasteiger charge is -2.22. The molecule has 2 N–H and O–H groups in total. The van der Waals surface area contributed by atoms with Gasteiger partial charge in [-0.3, -0.25) is 0 Å². The minimum absolute atomic E-state index is 0.0710. The predicted octanol–water partition coefficient (Wildman–Crippen LogP) is 4.31. The first kappa shape index (κ1) is 15.9. The van der Waals surface area contributed by atoms with Gasteiger partial charge in [0.05, 0.1) is 6.61 Å². The van der Waals surface area contributed by atoms with Crippen LogP contribution in [0, 0.1) is 6.92 Å². The summed E-state index contributed by atoms with van der Waals surface area (Å²) in [5.74, 6) is 1.68. The van der Waals surface area contributed by atoms with E-state index in [1.807, 2.05) is 31.2 Å². The van der Waals surface area contributed by atoms with Crippen molar-refractivity contribution >= 4 is 11.3 Å². The highest BCUT2D eigenvalue weighted by molar-refractivity contribution is 7.10. The van der Waals surface area contributed by atoms with Gasteiger partial charge in [0.2, 0.25) is 0 Å². The SMILES string of the molecule is CCCOc1ccc(OC(c2sccc2C)C(C)N)cc1. The standard InChI is InChI=1S/C17H23NO2S/c1-4-10-19-14-5-7-15(8-6-14)20-16(13(3)18)17-12(2)9-11-21-17/h5-9,11,13,16H,4,10,18H2,1-3H3. The molecule has 0 bridgehead atoms. The Balaban J connectivity index is 2.09. The largest absolute Gasteiger partial charge is 0.494 e. The van der Waals surface area contributed by atoms with Crippen LogP contribution in [0.4, 0.5) is 0 Å². The number of hydrogen-bond donors (Lipinski definition) is 1. The summed E-state index contributed by atoms with van der Waals surface area (Å²) < 4.78 is 11.7. The number of hydrogen-bond acceptors (Lipinski definition) is 4. The molecule has 1 aromatic heterocycles. The fourth-order valence-electron chi connectivity index (χ4n) is 2.06. The Labute approximate surface area is 130 Å². The summed E-state index contributed by atoms with van der Waals surface area (Å²) in [7, 11) is 0. The number of rotatable bonds is 7. The van der Waals surface area contributed by atoms with Crippen LogP contribution in [0.2, 0.25) is 0 Å². The van der Waals surface area contributed by atoms with Crippen molar-refractivity contribution in [3.05, 3.63) is 46.2 Å². The molecule has 4 heteroatoms. The minimum atomic E-state index is -0.118. The normalized spacial score (nSPS) is 13.7. The molecule has 0 spiro atoms. The van der Waals surface area contributed by atoms with Crippen molar-refractivity contribution in [2.45, 2.75) is 39.3 Å². The lowest BCUT2D eigenvalue weighted by atomic mass is 10.1. The van der Waals surface area contributed by atoms with E-state index in [0.717, 1.165) is 24.5 Å². The first-order valence-corrected chi connectivity index (χ1v) is 8.19. The van der Waals surface area contributed by atoms with Gasteiger partial charge in [0.15, 0.2) is 0 Å². The molecule has 0 fully saturated rings. The average molecular weight is 305 g/mol. The number of aryl methyl sites for hydroxylation is 1. The first-order chi connectivity index (χ1) is 10.1. The van der Waals surface area contributed by atoms with E-state index in [4.69, 9.17) is 15.2 Å². The summed E-state index contributed by atoms with van der Waals surface area (Å²) in [5.41, 5.74) is 7.32. The third-order valence-electron chi connectivity index (χ3n) is 3.20. The van der Waals surface area contributed by atoms with Gasteiger partial charge in [-0.2, -0.15) is 0 Å². The monoisotopic (exact) mass is 305 g/mol. The molecule has 2 atom stereocenters. The van der Waals surface area contributed by atoms with E-state index in [-0.39, 0.29) is 12.1 Å². The Morgan fingerprint density at radius 1 is 1.14 bits per heavy atom. The summed E-state index contributed by atoms with van der Waals surface area (Å²) in [6, 6.07) is 9.76. The second-order valence-electron chi connectivity index (χ2n) is 5.19. The molecule has 2 rings (SSSR count). The summed E-state index contributed by atoms with van der Waals surface area (Å²) in [4.78, 5) is 1.19. The molecule has 3 nitrogen and oxygen atoms in total. The highest BCUT2D eigenvalue weighted by atomic mass is 32.1. The van der Waals surface area contributed by atoms with Crippen molar-refractivity contribution in [2.75, 3.05) is 6.61 Å². The summed E-state index contributed by atoms with van der Waals surface area (Å²) >= 11 is 1.69. The Kier molecular flexibility index (Phi) is 5.65. The number of thiophene rings is 1. The molecule has 0 aliphatic rings. The predicted molar refractivity (Wildman–Crippen MR) is 88.3 cm³/mol. The molecular weight excluding hydrogens is 282 g/mol. The van der Waals surface area contributed by atoms with Crippen LogP contribution < -0.4 is 15.2 Å². The van der Waals surface area contributed by atoms with Crippen LogP contribution in [0.5, 0.6) is 11.5 Å². The van der Waals surface area contributed by atoms with Crippen LogP contribution in [0.15, 0.2) is 35.7 Å². The summed E-state index contributed by atoms with van der Waals surface area (Å²) in [6.45, 7) is 6.89. The van der Waals surface area contributed by atoms with Crippen molar-refractivity contribution in [1.82, 2.24) is 0 Å². The molecule has 2 aromatic rings. The molecule has 2 unspecified atom stereocenters. The molecule has 1 aromatic carbocycles. The molecule has 0 aliphatic carbocycles. The Morgan fingerprint density at radius 2 is 1.81 bits per heavy atom. The topological polar surface area (TPSA) is 44.5 Å². The van der Waals surface area contributed by atoms with Crippen molar-refractivity contribution in [2.24, 2.45) is 5.73 Å². The quantitative estimate of drug-likeness (QED) is 0.829. The minimum Gasteiger partial charge on any atom is -0.494 e. The van der Waals surface area contributed by atoms with E-state index in [1.165, 1.54) is 10.4 Å². The summed E-state index contributed by atoms with van der Waals surface area (Å²) in [5, 5.41) is 2.07. The molecule has 0 saturated carbocycles. The van der Waals surface area contributed by atoms with Crippen LogP contribution in [-0.2, 0) is 0 Å². The van der Waals surface area contributed by atoms with Crippen molar-refractivity contribution in [1.29, 1.82) is 0 Å².